The SMILES string of the molecule is O=C(c1ccncc1F)N1CC[C@H]2[C@@H](CCC(=O)N2C2CC2)C1. The molecule has 5 nitrogen and oxygen atoms in total. The molecule has 3 aliphatic rings. The summed E-state index contributed by atoms with van der Waals surface area (Å²) in [6.45, 7) is 1.19. The molecule has 23 heavy (non-hydrogen) atoms. The van der Waals surface area contributed by atoms with Crippen molar-refractivity contribution in [1.29, 1.82) is 0 Å². The Morgan fingerprint density at radius 3 is 2.83 bits per heavy atom. The molecule has 3 heterocycles. The molecule has 0 aromatic carbocycles. The maximum absolute atomic E-state index is 13.8. The smallest absolute Gasteiger partial charge is 0.256 e. The lowest BCUT2D eigenvalue weighted by Gasteiger charge is -2.47. The summed E-state index contributed by atoms with van der Waals surface area (Å²) in [5.74, 6) is -0.249. The third-order valence-corrected chi connectivity index (χ3v) is 5.30. The second-order valence-electron chi connectivity index (χ2n) is 6.79. The highest BCUT2D eigenvalue weighted by Gasteiger charge is 2.45. The van der Waals surface area contributed by atoms with Gasteiger partial charge in [0, 0.05) is 37.8 Å². The topological polar surface area (TPSA) is 53.5 Å². The molecular formula is C17H20FN3O2. The third kappa shape index (κ3) is 2.60. The van der Waals surface area contributed by atoms with Crippen molar-refractivity contribution in [3.8, 4) is 0 Å². The average Bonchev–Trinajstić information content (AvgIpc) is 3.39. The zero-order valence-corrected chi connectivity index (χ0v) is 12.9. The molecule has 2 atom stereocenters. The highest BCUT2D eigenvalue weighted by molar-refractivity contribution is 5.94. The zero-order chi connectivity index (χ0) is 16.0. The van der Waals surface area contributed by atoms with Gasteiger partial charge in [-0.15, -0.1) is 0 Å². The molecule has 1 aliphatic carbocycles. The van der Waals surface area contributed by atoms with E-state index in [1.807, 2.05) is 0 Å². The normalized spacial score (nSPS) is 27.8. The van der Waals surface area contributed by atoms with E-state index >= 15 is 0 Å². The summed E-state index contributed by atoms with van der Waals surface area (Å²) in [5.41, 5.74) is 0.0874. The van der Waals surface area contributed by atoms with Crippen LogP contribution in [-0.4, -0.2) is 51.8 Å². The summed E-state index contributed by atoms with van der Waals surface area (Å²) in [7, 11) is 0. The largest absolute Gasteiger partial charge is 0.338 e. The predicted octanol–water partition coefficient (Wildman–Crippen LogP) is 1.84. The summed E-state index contributed by atoms with van der Waals surface area (Å²) < 4.78 is 13.8. The van der Waals surface area contributed by atoms with Gasteiger partial charge < -0.3 is 9.80 Å². The summed E-state index contributed by atoms with van der Waals surface area (Å²) in [5, 5.41) is 0. The number of nitrogens with zero attached hydrogens (tertiary/aromatic N) is 3. The molecule has 0 bridgehead atoms. The number of amides is 2. The lowest BCUT2D eigenvalue weighted by molar-refractivity contribution is -0.141. The van der Waals surface area contributed by atoms with E-state index in [1.165, 1.54) is 12.3 Å². The Morgan fingerprint density at radius 2 is 2.09 bits per heavy atom. The van der Waals surface area contributed by atoms with Gasteiger partial charge in [-0.3, -0.25) is 14.6 Å². The van der Waals surface area contributed by atoms with E-state index in [0.29, 0.717) is 31.5 Å². The van der Waals surface area contributed by atoms with E-state index in [-0.39, 0.29) is 23.4 Å². The van der Waals surface area contributed by atoms with Crippen LogP contribution in [0.1, 0.15) is 42.5 Å². The number of likely N-dealkylation sites (tertiary alicyclic amines) is 2. The first-order valence-electron chi connectivity index (χ1n) is 8.35. The maximum atomic E-state index is 13.8. The van der Waals surface area contributed by atoms with Crippen LogP contribution in [0.25, 0.3) is 0 Å². The number of pyridine rings is 1. The minimum Gasteiger partial charge on any atom is -0.338 e. The Hall–Kier alpha value is -1.98. The van der Waals surface area contributed by atoms with Crippen LogP contribution >= 0.6 is 0 Å². The number of hydrogen-bond donors (Lipinski definition) is 0. The Morgan fingerprint density at radius 1 is 1.26 bits per heavy atom. The molecular weight excluding hydrogens is 297 g/mol. The van der Waals surface area contributed by atoms with E-state index in [1.54, 1.807) is 4.90 Å². The van der Waals surface area contributed by atoms with Gasteiger partial charge in [0.25, 0.3) is 5.91 Å². The Kier molecular flexibility index (Phi) is 3.54. The highest BCUT2D eigenvalue weighted by atomic mass is 19.1. The second kappa shape index (κ2) is 5.58. The number of carbonyl (C=O) groups excluding carboxylic acids is 2. The lowest BCUT2D eigenvalue weighted by Crippen LogP contribution is -2.57. The van der Waals surface area contributed by atoms with Gasteiger partial charge in [0.05, 0.1) is 11.8 Å². The van der Waals surface area contributed by atoms with Crippen LogP contribution in [0.15, 0.2) is 18.5 Å². The third-order valence-electron chi connectivity index (χ3n) is 5.30. The summed E-state index contributed by atoms with van der Waals surface area (Å²) in [6, 6.07) is 2.12. The number of aromatic nitrogens is 1. The standard InChI is InChI=1S/C17H20FN3O2/c18-14-9-19-7-5-13(14)17(23)20-8-6-15-11(10-20)1-4-16(22)21(15)12-2-3-12/h5,7,9,11-12,15H,1-4,6,8,10H2/t11-,15-/m0/s1. The van der Waals surface area contributed by atoms with Crippen LogP contribution in [0.2, 0.25) is 0 Å². The number of carbonyl (C=O) groups is 2. The average molecular weight is 317 g/mol. The fourth-order valence-corrected chi connectivity index (χ4v) is 4.02. The van der Waals surface area contributed by atoms with Crippen molar-refractivity contribution in [2.45, 2.75) is 44.2 Å². The van der Waals surface area contributed by atoms with Crippen LogP contribution in [-0.2, 0) is 4.79 Å². The molecule has 2 aliphatic heterocycles. The summed E-state index contributed by atoms with van der Waals surface area (Å²) >= 11 is 0. The molecule has 0 spiro atoms. The van der Waals surface area contributed by atoms with E-state index < -0.39 is 5.82 Å². The number of hydrogen-bond acceptors (Lipinski definition) is 3. The van der Waals surface area contributed by atoms with Crippen molar-refractivity contribution >= 4 is 11.8 Å². The number of fused-ring (bicyclic) bond motifs is 1. The van der Waals surface area contributed by atoms with E-state index in [9.17, 15) is 14.0 Å². The van der Waals surface area contributed by atoms with Crippen LogP contribution < -0.4 is 0 Å². The Bertz CT molecular complexity index is 646. The van der Waals surface area contributed by atoms with Crippen molar-refractivity contribution in [3.05, 3.63) is 29.8 Å². The zero-order valence-electron chi connectivity index (χ0n) is 12.9. The van der Waals surface area contributed by atoms with E-state index in [2.05, 4.69) is 9.88 Å². The van der Waals surface area contributed by atoms with Crippen molar-refractivity contribution in [2.24, 2.45) is 5.92 Å². The van der Waals surface area contributed by atoms with E-state index in [0.717, 1.165) is 31.9 Å². The van der Waals surface area contributed by atoms with E-state index in [4.69, 9.17) is 0 Å². The van der Waals surface area contributed by atoms with Gasteiger partial charge >= 0.3 is 0 Å². The molecule has 0 N–H and O–H groups in total. The Labute approximate surface area is 134 Å². The summed E-state index contributed by atoms with van der Waals surface area (Å²) in [6.07, 6.45) is 6.94. The molecule has 1 aromatic rings. The van der Waals surface area contributed by atoms with Gasteiger partial charge in [-0.1, -0.05) is 0 Å². The molecule has 122 valence electrons. The minimum atomic E-state index is -0.571. The number of halogens is 1. The first kappa shape index (κ1) is 14.6. The number of rotatable bonds is 2. The van der Waals surface area contributed by atoms with Crippen LogP contribution in [0.4, 0.5) is 4.39 Å². The molecule has 2 amide bonds. The number of piperidine rings is 2. The molecule has 1 aromatic heterocycles. The van der Waals surface area contributed by atoms with Gasteiger partial charge in [-0.05, 0) is 37.7 Å². The molecule has 0 unspecified atom stereocenters. The molecule has 6 heteroatoms. The first-order valence-corrected chi connectivity index (χ1v) is 8.35. The van der Waals surface area contributed by atoms with Crippen LogP contribution in [0, 0.1) is 11.7 Å². The fourth-order valence-electron chi connectivity index (χ4n) is 4.02. The van der Waals surface area contributed by atoms with Crippen molar-refractivity contribution in [3.63, 3.8) is 0 Å². The van der Waals surface area contributed by atoms with Crippen LogP contribution in [0.5, 0.6) is 0 Å². The Balaban J connectivity index is 1.50. The van der Waals surface area contributed by atoms with Gasteiger partial charge in [-0.2, -0.15) is 0 Å². The van der Waals surface area contributed by atoms with Gasteiger partial charge in [0.2, 0.25) is 5.91 Å². The molecule has 1 saturated carbocycles. The van der Waals surface area contributed by atoms with Gasteiger partial charge in [-0.25, -0.2) is 4.39 Å². The fraction of sp³-hybridized carbons (Fsp3) is 0.588. The second-order valence-corrected chi connectivity index (χ2v) is 6.79. The monoisotopic (exact) mass is 317 g/mol. The molecule has 4 rings (SSSR count). The quantitative estimate of drug-likeness (QED) is 0.836. The van der Waals surface area contributed by atoms with Crippen molar-refractivity contribution < 1.29 is 14.0 Å². The van der Waals surface area contributed by atoms with Crippen molar-refractivity contribution in [2.75, 3.05) is 13.1 Å². The van der Waals surface area contributed by atoms with Gasteiger partial charge in [0.1, 0.15) is 0 Å². The van der Waals surface area contributed by atoms with Crippen molar-refractivity contribution in [1.82, 2.24) is 14.8 Å². The molecule has 0 radical (unpaired) electrons. The predicted molar refractivity (Wildman–Crippen MR) is 81.1 cm³/mol. The minimum absolute atomic E-state index is 0.0874. The highest BCUT2D eigenvalue weighted by Crippen LogP contribution is 2.39. The molecule has 2 saturated heterocycles. The maximum Gasteiger partial charge on any atom is 0.256 e. The van der Waals surface area contributed by atoms with Crippen LogP contribution in [0.3, 0.4) is 0 Å². The summed E-state index contributed by atoms with van der Waals surface area (Å²) in [4.78, 5) is 32.3. The first-order chi connectivity index (χ1) is 11.1. The molecule has 3 fully saturated rings. The lowest BCUT2D eigenvalue weighted by atomic mass is 9.83. The van der Waals surface area contributed by atoms with Gasteiger partial charge in [0.15, 0.2) is 5.82 Å².